The summed E-state index contributed by atoms with van der Waals surface area (Å²) < 4.78 is 0. The van der Waals surface area contributed by atoms with Crippen LogP contribution in [0.2, 0.25) is 0 Å². The van der Waals surface area contributed by atoms with Gasteiger partial charge in [0.05, 0.1) is 6.61 Å². The van der Waals surface area contributed by atoms with E-state index >= 15 is 0 Å². The van der Waals surface area contributed by atoms with Crippen molar-refractivity contribution < 1.29 is 5.11 Å². The van der Waals surface area contributed by atoms with Crippen LogP contribution in [-0.4, -0.2) is 11.7 Å². The highest BCUT2D eigenvalue weighted by atomic mass is 16.3. The number of hydrogen-bond acceptors (Lipinski definition) is 1. The van der Waals surface area contributed by atoms with E-state index in [1.807, 2.05) is 0 Å². The lowest BCUT2D eigenvalue weighted by molar-refractivity contribution is 0.350. The van der Waals surface area contributed by atoms with Gasteiger partial charge in [0.2, 0.25) is 0 Å². The minimum Gasteiger partial charge on any atom is -0.392 e. The van der Waals surface area contributed by atoms with Gasteiger partial charge in [0.1, 0.15) is 0 Å². The van der Waals surface area contributed by atoms with E-state index in [2.05, 4.69) is 42.5 Å². The smallest absolute Gasteiger partial charge is 0.0684 e. The molecule has 1 heteroatoms. The molecule has 2 aliphatic carbocycles. The van der Waals surface area contributed by atoms with Gasteiger partial charge >= 0.3 is 0 Å². The topological polar surface area (TPSA) is 20.2 Å². The molecule has 0 spiro atoms. The first-order chi connectivity index (χ1) is 8.88. The fourth-order valence-corrected chi connectivity index (χ4v) is 3.24. The molecule has 4 rings (SSSR count). The van der Waals surface area contributed by atoms with Gasteiger partial charge in [-0.1, -0.05) is 42.5 Å². The molecule has 0 unspecified atom stereocenters. The first-order valence-corrected chi connectivity index (χ1v) is 6.43. The van der Waals surface area contributed by atoms with Crippen LogP contribution in [0.15, 0.2) is 42.5 Å². The summed E-state index contributed by atoms with van der Waals surface area (Å²) >= 11 is 0. The zero-order valence-electron chi connectivity index (χ0n) is 10.1. The second-order valence-electron chi connectivity index (χ2n) is 5.03. The Kier molecular flexibility index (Phi) is 2.00. The Morgan fingerprint density at radius 3 is 2.83 bits per heavy atom. The van der Waals surface area contributed by atoms with Gasteiger partial charge < -0.3 is 5.11 Å². The monoisotopic (exact) mass is 234 g/mol. The van der Waals surface area contributed by atoms with E-state index in [-0.39, 0.29) is 6.61 Å². The van der Waals surface area contributed by atoms with Crippen molar-refractivity contribution >= 4 is 21.9 Å². The van der Waals surface area contributed by atoms with E-state index in [1.54, 1.807) is 0 Å². The van der Waals surface area contributed by atoms with Crippen LogP contribution in [0.25, 0.3) is 21.9 Å². The Morgan fingerprint density at radius 1 is 1.00 bits per heavy atom. The van der Waals surface area contributed by atoms with Crippen LogP contribution in [0.4, 0.5) is 0 Å². The number of hydrogen-bond donors (Lipinski definition) is 1. The Morgan fingerprint density at radius 2 is 1.94 bits per heavy atom. The van der Waals surface area contributed by atoms with Crippen molar-refractivity contribution in [2.45, 2.75) is 12.8 Å². The Labute approximate surface area is 106 Å². The van der Waals surface area contributed by atoms with Crippen molar-refractivity contribution in [3.8, 4) is 0 Å². The predicted octanol–water partition coefficient (Wildman–Crippen LogP) is 3.56. The van der Waals surface area contributed by atoms with Gasteiger partial charge in [-0.3, -0.25) is 0 Å². The van der Waals surface area contributed by atoms with Crippen molar-refractivity contribution in [1.82, 2.24) is 0 Å². The van der Waals surface area contributed by atoms with E-state index in [4.69, 9.17) is 0 Å². The second kappa shape index (κ2) is 3.56. The Hall–Kier alpha value is -1.86. The zero-order chi connectivity index (χ0) is 12.1. The summed E-state index contributed by atoms with van der Waals surface area (Å²) in [5.41, 5.74) is 6.48. The number of rotatable bonds is 1. The van der Waals surface area contributed by atoms with Crippen LogP contribution in [0.1, 0.15) is 23.1 Å². The van der Waals surface area contributed by atoms with Crippen molar-refractivity contribution in [3.63, 3.8) is 0 Å². The standard InChI is InChI=1S/C17H14O/c18-10-14-7-6-13-5-4-11-2-1-3-12-8-9-15(14)17(13)16(11)12/h1-3,5,7-9,18H,4,6,10H2. The van der Waals surface area contributed by atoms with Gasteiger partial charge in [0, 0.05) is 0 Å². The molecule has 2 aliphatic rings. The summed E-state index contributed by atoms with van der Waals surface area (Å²) in [4.78, 5) is 0. The molecular formula is C17H14O. The molecule has 0 atom stereocenters. The van der Waals surface area contributed by atoms with Crippen molar-refractivity contribution in [2.24, 2.45) is 0 Å². The average molecular weight is 234 g/mol. The van der Waals surface area contributed by atoms with Crippen LogP contribution in [0, 0.1) is 0 Å². The molecule has 0 saturated heterocycles. The Bertz CT molecular complexity index is 720. The average Bonchev–Trinajstić information content (AvgIpc) is 2.44. The number of aliphatic hydroxyl groups excluding tert-OH is 1. The van der Waals surface area contributed by atoms with Crippen LogP contribution in [0.3, 0.4) is 0 Å². The third-order valence-corrected chi connectivity index (χ3v) is 4.11. The number of aliphatic hydroxyl groups is 1. The molecule has 18 heavy (non-hydrogen) atoms. The molecule has 2 aromatic rings. The summed E-state index contributed by atoms with van der Waals surface area (Å²) in [6.07, 6.45) is 6.49. The zero-order valence-corrected chi connectivity index (χ0v) is 10.1. The van der Waals surface area contributed by atoms with E-state index in [0.717, 1.165) is 18.4 Å². The summed E-state index contributed by atoms with van der Waals surface area (Å²) in [7, 11) is 0. The molecule has 1 nitrogen and oxygen atoms in total. The maximum atomic E-state index is 9.50. The first kappa shape index (κ1) is 10.1. The lowest BCUT2D eigenvalue weighted by Crippen LogP contribution is -2.07. The third-order valence-electron chi connectivity index (χ3n) is 4.11. The highest BCUT2D eigenvalue weighted by Gasteiger charge is 2.22. The quantitative estimate of drug-likeness (QED) is 0.800. The van der Waals surface area contributed by atoms with E-state index in [1.165, 1.54) is 33.0 Å². The van der Waals surface area contributed by atoms with E-state index in [0.29, 0.717) is 0 Å². The molecule has 0 aliphatic heterocycles. The number of allylic oxidation sites excluding steroid dienone is 3. The van der Waals surface area contributed by atoms with Crippen molar-refractivity contribution in [3.05, 3.63) is 59.2 Å². The van der Waals surface area contributed by atoms with Crippen LogP contribution in [-0.2, 0) is 6.42 Å². The first-order valence-electron chi connectivity index (χ1n) is 6.43. The van der Waals surface area contributed by atoms with E-state index < -0.39 is 0 Å². The highest BCUT2D eigenvalue weighted by Crippen LogP contribution is 2.42. The highest BCUT2D eigenvalue weighted by molar-refractivity contribution is 6.04. The number of benzene rings is 2. The van der Waals surface area contributed by atoms with Gasteiger partial charge in [-0.05, 0) is 51.5 Å². The summed E-state index contributed by atoms with van der Waals surface area (Å²) in [6, 6.07) is 10.9. The van der Waals surface area contributed by atoms with Gasteiger partial charge in [0.25, 0.3) is 0 Å². The lowest BCUT2D eigenvalue weighted by Gasteiger charge is -2.25. The molecule has 0 bridgehead atoms. The SMILES string of the molecule is OCC1=CCC2=CCc3cccc4ccc1c2c34. The van der Waals surface area contributed by atoms with Gasteiger partial charge in [-0.2, -0.15) is 0 Å². The van der Waals surface area contributed by atoms with E-state index in [9.17, 15) is 5.11 Å². The fraction of sp³-hybridized carbons (Fsp3) is 0.176. The van der Waals surface area contributed by atoms with Crippen LogP contribution in [0.5, 0.6) is 0 Å². The summed E-state index contributed by atoms with van der Waals surface area (Å²) in [5, 5.41) is 12.2. The maximum Gasteiger partial charge on any atom is 0.0684 e. The molecule has 2 aromatic carbocycles. The maximum absolute atomic E-state index is 9.50. The molecule has 0 amide bonds. The molecule has 1 N–H and O–H groups in total. The lowest BCUT2D eigenvalue weighted by atomic mass is 9.79. The normalized spacial score (nSPS) is 16.5. The molecule has 0 aromatic heterocycles. The van der Waals surface area contributed by atoms with Crippen LogP contribution >= 0.6 is 0 Å². The Balaban J connectivity index is 2.17. The minimum atomic E-state index is 0.133. The summed E-state index contributed by atoms with van der Waals surface area (Å²) in [6.45, 7) is 0.133. The van der Waals surface area contributed by atoms with Crippen molar-refractivity contribution in [2.75, 3.05) is 6.61 Å². The van der Waals surface area contributed by atoms with Gasteiger partial charge in [-0.25, -0.2) is 0 Å². The third kappa shape index (κ3) is 1.20. The molecular weight excluding hydrogens is 220 g/mol. The second-order valence-corrected chi connectivity index (χ2v) is 5.03. The predicted molar refractivity (Wildman–Crippen MR) is 75.3 cm³/mol. The van der Waals surface area contributed by atoms with Gasteiger partial charge in [0.15, 0.2) is 0 Å². The largest absolute Gasteiger partial charge is 0.392 e. The minimum absolute atomic E-state index is 0.133. The molecule has 0 radical (unpaired) electrons. The fourth-order valence-electron chi connectivity index (χ4n) is 3.24. The van der Waals surface area contributed by atoms with Crippen molar-refractivity contribution in [1.29, 1.82) is 0 Å². The van der Waals surface area contributed by atoms with Gasteiger partial charge in [-0.15, -0.1) is 0 Å². The molecule has 0 fully saturated rings. The summed E-state index contributed by atoms with van der Waals surface area (Å²) in [5.74, 6) is 0. The molecule has 0 saturated carbocycles. The molecule has 0 heterocycles. The molecule has 88 valence electrons. The van der Waals surface area contributed by atoms with Crippen LogP contribution < -0.4 is 0 Å².